The standard InChI is InChI=1S/C12H17NO4/c1-6-4-8(5-7(2)9(6)13)10(14)11(15)12(16)17-3/h4-5,10-11,14-15H,13H2,1-3H3. The Kier molecular flexibility index (Phi) is 4.09. The van der Waals surface area contributed by atoms with Gasteiger partial charge in [0.25, 0.3) is 0 Å². The maximum atomic E-state index is 11.1. The highest BCUT2D eigenvalue weighted by Gasteiger charge is 2.26. The number of ether oxygens (including phenoxy) is 1. The summed E-state index contributed by atoms with van der Waals surface area (Å²) in [5.41, 5.74) is 8.42. The van der Waals surface area contributed by atoms with Crippen molar-refractivity contribution in [3.63, 3.8) is 0 Å². The largest absolute Gasteiger partial charge is 0.467 e. The molecule has 4 N–H and O–H groups in total. The van der Waals surface area contributed by atoms with E-state index < -0.39 is 18.2 Å². The van der Waals surface area contributed by atoms with Gasteiger partial charge in [-0.3, -0.25) is 0 Å². The van der Waals surface area contributed by atoms with Gasteiger partial charge in [-0.25, -0.2) is 4.79 Å². The predicted molar refractivity (Wildman–Crippen MR) is 63.3 cm³/mol. The van der Waals surface area contributed by atoms with Crippen molar-refractivity contribution in [2.75, 3.05) is 12.8 Å². The van der Waals surface area contributed by atoms with E-state index in [4.69, 9.17) is 5.73 Å². The van der Waals surface area contributed by atoms with Crippen LogP contribution in [0.2, 0.25) is 0 Å². The van der Waals surface area contributed by atoms with Crippen LogP contribution in [0.4, 0.5) is 5.69 Å². The zero-order valence-corrected chi connectivity index (χ0v) is 10.1. The van der Waals surface area contributed by atoms with Crippen LogP contribution in [0.1, 0.15) is 22.8 Å². The third-order valence-corrected chi connectivity index (χ3v) is 2.70. The van der Waals surface area contributed by atoms with Gasteiger partial charge in [0.2, 0.25) is 0 Å². The maximum absolute atomic E-state index is 11.1. The molecule has 17 heavy (non-hydrogen) atoms. The molecule has 5 nitrogen and oxygen atoms in total. The molecule has 5 heteroatoms. The molecule has 0 amide bonds. The number of benzene rings is 1. The van der Waals surface area contributed by atoms with Crippen molar-refractivity contribution in [3.05, 3.63) is 28.8 Å². The molecule has 0 radical (unpaired) electrons. The van der Waals surface area contributed by atoms with Crippen molar-refractivity contribution in [2.45, 2.75) is 26.1 Å². The van der Waals surface area contributed by atoms with Gasteiger partial charge in [0.15, 0.2) is 6.10 Å². The van der Waals surface area contributed by atoms with Crippen LogP contribution >= 0.6 is 0 Å². The van der Waals surface area contributed by atoms with Crippen LogP contribution in [0.3, 0.4) is 0 Å². The van der Waals surface area contributed by atoms with Gasteiger partial charge < -0.3 is 20.7 Å². The Balaban J connectivity index is 3.04. The van der Waals surface area contributed by atoms with Crippen LogP contribution in [0, 0.1) is 13.8 Å². The molecule has 1 aromatic rings. The van der Waals surface area contributed by atoms with Gasteiger partial charge >= 0.3 is 5.97 Å². The minimum Gasteiger partial charge on any atom is -0.467 e. The Morgan fingerprint density at radius 3 is 2.18 bits per heavy atom. The predicted octanol–water partition coefficient (Wildman–Crippen LogP) is 0.453. The van der Waals surface area contributed by atoms with Crippen LogP contribution in [-0.4, -0.2) is 29.4 Å². The first-order chi connectivity index (χ1) is 7.88. The molecule has 94 valence electrons. The Morgan fingerprint density at radius 1 is 1.29 bits per heavy atom. The third-order valence-electron chi connectivity index (χ3n) is 2.70. The van der Waals surface area contributed by atoms with Gasteiger partial charge in [-0.05, 0) is 30.5 Å². The lowest BCUT2D eigenvalue weighted by Crippen LogP contribution is -2.29. The van der Waals surface area contributed by atoms with Gasteiger partial charge in [0, 0.05) is 5.69 Å². The first-order valence-corrected chi connectivity index (χ1v) is 5.19. The fraction of sp³-hybridized carbons (Fsp3) is 0.417. The Hall–Kier alpha value is -1.59. The molecule has 0 aliphatic carbocycles. The number of nitrogens with two attached hydrogens (primary N) is 1. The van der Waals surface area contributed by atoms with E-state index in [9.17, 15) is 15.0 Å². The highest BCUT2D eigenvalue weighted by molar-refractivity contribution is 5.75. The van der Waals surface area contributed by atoms with Crippen molar-refractivity contribution < 1.29 is 19.7 Å². The molecule has 0 fully saturated rings. The summed E-state index contributed by atoms with van der Waals surface area (Å²) in [6, 6.07) is 3.28. The second-order valence-corrected chi connectivity index (χ2v) is 3.98. The summed E-state index contributed by atoms with van der Waals surface area (Å²) in [6.45, 7) is 3.59. The molecular formula is C12H17NO4. The van der Waals surface area contributed by atoms with Crippen molar-refractivity contribution in [3.8, 4) is 0 Å². The van der Waals surface area contributed by atoms with Crippen LogP contribution < -0.4 is 5.73 Å². The van der Waals surface area contributed by atoms with Crippen LogP contribution in [0.15, 0.2) is 12.1 Å². The van der Waals surface area contributed by atoms with Crippen molar-refractivity contribution in [1.82, 2.24) is 0 Å². The maximum Gasteiger partial charge on any atom is 0.337 e. The monoisotopic (exact) mass is 239 g/mol. The van der Waals surface area contributed by atoms with E-state index in [-0.39, 0.29) is 0 Å². The summed E-state index contributed by atoms with van der Waals surface area (Å²) in [7, 11) is 1.15. The van der Waals surface area contributed by atoms with E-state index in [0.29, 0.717) is 11.3 Å². The minimum absolute atomic E-state index is 0.437. The lowest BCUT2D eigenvalue weighted by Gasteiger charge is -2.18. The van der Waals surface area contributed by atoms with Crippen LogP contribution in [-0.2, 0) is 9.53 Å². The molecule has 2 unspecified atom stereocenters. The molecule has 1 aromatic carbocycles. The number of rotatable bonds is 3. The van der Waals surface area contributed by atoms with Crippen molar-refractivity contribution in [1.29, 1.82) is 0 Å². The molecule has 0 saturated carbocycles. The van der Waals surface area contributed by atoms with Crippen LogP contribution in [0.5, 0.6) is 0 Å². The quantitative estimate of drug-likeness (QED) is 0.526. The molecule has 0 heterocycles. The average molecular weight is 239 g/mol. The summed E-state index contributed by atoms with van der Waals surface area (Å²) in [4.78, 5) is 11.1. The number of hydrogen-bond donors (Lipinski definition) is 3. The Labute approximate surface area is 99.8 Å². The second-order valence-electron chi connectivity index (χ2n) is 3.98. The molecule has 2 atom stereocenters. The fourth-order valence-electron chi connectivity index (χ4n) is 1.61. The summed E-state index contributed by atoms with van der Waals surface area (Å²) in [5, 5.41) is 19.4. The molecule has 0 aliphatic heterocycles. The SMILES string of the molecule is COC(=O)C(O)C(O)c1cc(C)c(N)c(C)c1. The molecule has 1 rings (SSSR count). The van der Waals surface area contributed by atoms with E-state index in [2.05, 4.69) is 4.74 Å². The Morgan fingerprint density at radius 2 is 1.76 bits per heavy atom. The molecule has 0 bridgehead atoms. The lowest BCUT2D eigenvalue weighted by molar-refractivity contribution is -0.156. The zero-order valence-electron chi connectivity index (χ0n) is 10.1. The molecular weight excluding hydrogens is 222 g/mol. The average Bonchev–Trinajstić information content (AvgIpc) is 2.32. The lowest BCUT2D eigenvalue weighted by atomic mass is 9.98. The smallest absolute Gasteiger partial charge is 0.337 e. The molecule has 0 aliphatic rings. The van der Waals surface area contributed by atoms with E-state index >= 15 is 0 Å². The van der Waals surface area contributed by atoms with Crippen molar-refractivity contribution >= 4 is 11.7 Å². The van der Waals surface area contributed by atoms with E-state index in [0.717, 1.165) is 18.2 Å². The number of hydrogen-bond acceptors (Lipinski definition) is 5. The Bertz CT molecular complexity index is 408. The number of anilines is 1. The number of esters is 1. The molecule has 0 aromatic heterocycles. The van der Waals surface area contributed by atoms with E-state index in [1.54, 1.807) is 26.0 Å². The first-order valence-electron chi connectivity index (χ1n) is 5.19. The second kappa shape index (κ2) is 5.16. The number of aliphatic hydroxyl groups excluding tert-OH is 2. The summed E-state index contributed by atoms with van der Waals surface area (Å²) < 4.78 is 4.37. The summed E-state index contributed by atoms with van der Waals surface area (Å²) in [6.07, 6.45) is -2.91. The minimum atomic E-state index is -1.59. The van der Waals surface area contributed by atoms with Gasteiger partial charge in [-0.1, -0.05) is 12.1 Å². The topological polar surface area (TPSA) is 92.8 Å². The number of carbonyl (C=O) groups excluding carboxylic acids is 1. The normalized spacial score (nSPS) is 14.2. The number of nitrogen functional groups attached to an aromatic ring is 1. The van der Waals surface area contributed by atoms with Gasteiger partial charge in [-0.2, -0.15) is 0 Å². The molecule has 0 spiro atoms. The number of methoxy groups -OCH3 is 1. The van der Waals surface area contributed by atoms with Gasteiger partial charge in [0.05, 0.1) is 7.11 Å². The molecule has 0 saturated heterocycles. The van der Waals surface area contributed by atoms with Crippen LogP contribution in [0.25, 0.3) is 0 Å². The number of carbonyl (C=O) groups is 1. The van der Waals surface area contributed by atoms with Gasteiger partial charge in [0.1, 0.15) is 6.10 Å². The highest BCUT2D eigenvalue weighted by Crippen LogP contribution is 2.25. The highest BCUT2D eigenvalue weighted by atomic mass is 16.5. The first kappa shape index (κ1) is 13.5. The van der Waals surface area contributed by atoms with Gasteiger partial charge in [-0.15, -0.1) is 0 Å². The number of aliphatic hydroxyl groups is 2. The number of aryl methyl sites for hydroxylation is 2. The fourth-order valence-corrected chi connectivity index (χ4v) is 1.61. The summed E-state index contributed by atoms with van der Waals surface area (Å²) in [5.74, 6) is -0.871. The third kappa shape index (κ3) is 2.75. The van der Waals surface area contributed by atoms with E-state index in [1.165, 1.54) is 0 Å². The van der Waals surface area contributed by atoms with Crippen molar-refractivity contribution in [2.24, 2.45) is 0 Å². The van der Waals surface area contributed by atoms with E-state index in [1.807, 2.05) is 0 Å². The zero-order chi connectivity index (χ0) is 13.2. The summed E-state index contributed by atoms with van der Waals surface area (Å²) >= 11 is 0.